The number of rotatable bonds is 3. The van der Waals surface area contributed by atoms with Crippen LogP contribution < -0.4 is 5.32 Å². The Bertz CT molecular complexity index is 408. The van der Waals surface area contributed by atoms with Gasteiger partial charge < -0.3 is 5.32 Å². The zero-order valence-electron chi connectivity index (χ0n) is 9.75. The molecule has 1 amide bonds. The summed E-state index contributed by atoms with van der Waals surface area (Å²) in [5.74, 6) is -0.447. The first-order chi connectivity index (χ1) is 7.49. The fraction of sp³-hybridized carbons (Fsp3) is 0.308. The van der Waals surface area contributed by atoms with E-state index in [1.54, 1.807) is 12.1 Å². The van der Waals surface area contributed by atoms with Gasteiger partial charge in [-0.3, -0.25) is 4.79 Å². The van der Waals surface area contributed by atoms with Crippen LogP contribution in [0.25, 0.3) is 0 Å². The summed E-state index contributed by atoms with van der Waals surface area (Å²) in [5.41, 5.74) is 1.69. The number of carbonyl (C=O) groups excluding carboxylic acids is 1. The third kappa shape index (κ3) is 3.85. The summed E-state index contributed by atoms with van der Waals surface area (Å²) in [6, 6.07) is 6.03. The van der Waals surface area contributed by atoms with E-state index in [0.29, 0.717) is 0 Å². The highest BCUT2D eigenvalue weighted by Gasteiger charge is 2.07. The first-order valence-electron chi connectivity index (χ1n) is 5.20. The van der Waals surface area contributed by atoms with Crippen molar-refractivity contribution >= 4 is 5.91 Å². The Kier molecular flexibility index (Phi) is 4.23. The van der Waals surface area contributed by atoms with Crippen LogP contribution in [0.1, 0.15) is 32.4 Å². The average Bonchev–Trinajstić information content (AvgIpc) is 2.16. The number of nitrogens with one attached hydrogen (secondary N) is 1. The molecule has 0 aliphatic heterocycles. The molecule has 1 aromatic carbocycles. The van der Waals surface area contributed by atoms with Crippen molar-refractivity contribution in [2.24, 2.45) is 0 Å². The number of benzene rings is 1. The SMILES string of the molecule is CC(C)=CC(=O)NC(C)c1cccc(F)c1. The molecule has 0 aliphatic rings. The Labute approximate surface area is 95.2 Å². The Morgan fingerprint density at radius 3 is 2.69 bits per heavy atom. The molecule has 0 fully saturated rings. The smallest absolute Gasteiger partial charge is 0.244 e. The molecular weight excluding hydrogens is 205 g/mol. The van der Waals surface area contributed by atoms with Crippen molar-refractivity contribution in [3.05, 3.63) is 47.3 Å². The van der Waals surface area contributed by atoms with Gasteiger partial charge in [-0.25, -0.2) is 4.39 Å². The standard InChI is InChI=1S/C13H16FNO/c1-9(2)7-13(16)15-10(3)11-5-4-6-12(14)8-11/h4-8,10H,1-3H3,(H,15,16). The van der Waals surface area contributed by atoms with Crippen LogP contribution in [0.5, 0.6) is 0 Å². The predicted octanol–water partition coefficient (Wildman–Crippen LogP) is 2.97. The van der Waals surface area contributed by atoms with Gasteiger partial charge in [-0.15, -0.1) is 0 Å². The van der Waals surface area contributed by atoms with Gasteiger partial charge in [0.2, 0.25) is 5.91 Å². The number of hydrogen-bond acceptors (Lipinski definition) is 1. The highest BCUT2D eigenvalue weighted by Crippen LogP contribution is 2.13. The molecule has 1 atom stereocenters. The summed E-state index contributed by atoms with van der Waals surface area (Å²) in [6.45, 7) is 5.53. The molecule has 2 nitrogen and oxygen atoms in total. The highest BCUT2D eigenvalue weighted by molar-refractivity contribution is 5.88. The molecule has 3 heteroatoms. The maximum absolute atomic E-state index is 13.0. The minimum atomic E-state index is -0.291. The summed E-state index contributed by atoms with van der Waals surface area (Å²) in [5, 5.41) is 2.77. The first kappa shape index (κ1) is 12.4. The molecule has 0 radical (unpaired) electrons. The van der Waals surface area contributed by atoms with Crippen LogP contribution in [0.4, 0.5) is 4.39 Å². The Morgan fingerprint density at radius 2 is 2.12 bits per heavy atom. The van der Waals surface area contributed by atoms with Crippen molar-refractivity contribution in [1.82, 2.24) is 5.32 Å². The van der Waals surface area contributed by atoms with E-state index < -0.39 is 0 Å². The second kappa shape index (κ2) is 5.45. The maximum Gasteiger partial charge on any atom is 0.244 e. The summed E-state index contributed by atoms with van der Waals surface area (Å²) >= 11 is 0. The van der Waals surface area contributed by atoms with Gasteiger partial charge in [0.05, 0.1) is 6.04 Å². The second-order valence-electron chi connectivity index (χ2n) is 4.01. The molecule has 1 aromatic rings. The third-order valence-electron chi connectivity index (χ3n) is 2.13. The van der Waals surface area contributed by atoms with Gasteiger partial charge >= 0.3 is 0 Å². The number of allylic oxidation sites excluding steroid dienone is 1. The van der Waals surface area contributed by atoms with E-state index in [2.05, 4.69) is 5.32 Å². The quantitative estimate of drug-likeness (QED) is 0.781. The van der Waals surface area contributed by atoms with E-state index >= 15 is 0 Å². The summed E-state index contributed by atoms with van der Waals surface area (Å²) in [7, 11) is 0. The van der Waals surface area contributed by atoms with Crippen LogP contribution in [0, 0.1) is 5.82 Å². The topological polar surface area (TPSA) is 29.1 Å². The molecule has 16 heavy (non-hydrogen) atoms. The maximum atomic E-state index is 13.0. The highest BCUT2D eigenvalue weighted by atomic mass is 19.1. The van der Waals surface area contributed by atoms with Crippen molar-refractivity contribution < 1.29 is 9.18 Å². The second-order valence-corrected chi connectivity index (χ2v) is 4.01. The fourth-order valence-corrected chi connectivity index (χ4v) is 1.38. The largest absolute Gasteiger partial charge is 0.346 e. The normalized spacial score (nSPS) is 11.8. The zero-order chi connectivity index (χ0) is 12.1. The first-order valence-corrected chi connectivity index (χ1v) is 5.20. The Balaban J connectivity index is 2.69. The lowest BCUT2D eigenvalue weighted by atomic mass is 10.1. The van der Waals surface area contributed by atoms with E-state index in [0.717, 1.165) is 11.1 Å². The van der Waals surface area contributed by atoms with Gasteiger partial charge in [0, 0.05) is 6.08 Å². The lowest BCUT2D eigenvalue weighted by Crippen LogP contribution is -2.24. The average molecular weight is 221 g/mol. The predicted molar refractivity (Wildman–Crippen MR) is 62.4 cm³/mol. The van der Waals surface area contributed by atoms with Crippen LogP contribution in [-0.2, 0) is 4.79 Å². The Hall–Kier alpha value is -1.64. The molecule has 1 unspecified atom stereocenters. The van der Waals surface area contributed by atoms with E-state index in [1.807, 2.05) is 20.8 Å². The molecule has 86 valence electrons. The van der Waals surface area contributed by atoms with E-state index in [4.69, 9.17) is 0 Å². The number of carbonyl (C=O) groups is 1. The van der Waals surface area contributed by atoms with Crippen LogP contribution in [0.3, 0.4) is 0 Å². The summed E-state index contributed by atoms with van der Waals surface area (Å²) in [6.07, 6.45) is 1.52. The van der Waals surface area contributed by atoms with Crippen molar-refractivity contribution in [1.29, 1.82) is 0 Å². The lowest BCUT2D eigenvalue weighted by molar-refractivity contribution is -0.117. The molecule has 1 rings (SSSR count). The molecule has 0 saturated heterocycles. The van der Waals surface area contributed by atoms with Gasteiger partial charge in [-0.1, -0.05) is 17.7 Å². The molecule has 0 aliphatic carbocycles. The van der Waals surface area contributed by atoms with Crippen LogP contribution in [0.15, 0.2) is 35.9 Å². The third-order valence-corrected chi connectivity index (χ3v) is 2.13. The molecule has 0 saturated carbocycles. The molecule has 0 bridgehead atoms. The van der Waals surface area contributed by atoms with Crippen molar-refractivity contribution in [3.63, 3.8) is 0 Å². The lowest BCUT2D eigenvalue weighted by Gasteiger charge is -2.13. The van der Waals surface area contributed by atoms with Gasteiger partial charge in [-0.2, -0.15) is 0 Å². The Morgan fingerprint density at radius 1 is 1.44 bits per heavy atom. The fourth-order valence-electron chi connectivity index (χ4n) is 1.38. The van der Waals surface area contributed by atoms with Gasteiger partial charge in [-0.05, 0) is 38.5 Å². The summed E-state index contributed by atoms with van der Waals surface area (Å²) < 4.78 is 13.0. The van der Waals surface area contributed by atoms with Crippen molar-refractivity contribution in [2.75, 3.05) is 0 Å². The van der Waals surface area contributed by atoms with Crippen LogP contribution in [-0.4, -0.2) is 5.91 Å². The molecular formula is C13H16FNO. The van der Waals surface area contributed by atoms with Crippen LogP contribution in [0.2, 0.25) is 0 Å². The van der Waals surface area contributed by atoms with Crippen molar-refractivity contribution in [2.45, 2.75) is 26.8 Å². The molecule has 0 heterocycles. The minimum absolute atomic E-state index is 0.156. The monoisotopic (exact) mass is 221 g/mol. The molecule has 1 N–H and O–H groups in total. The van der Waals surface area contributed by atoms with Gasteiger partial charge in [0.25, 0.3) is 0 Å². The van der Waals surface area contributed by atoms with E-state index in [-0.39, 0.29) is 17.8 Å². The van der Waals surface area contributed by atoms with Gasteiger partial charge in [0.1, 0.15) is 5.82 Å². The number of amides is 1. The van der Waals surface area contributed by atoms with Gasteiger partial charge in [0.15, 0.2) is 0 Å². The number of hydrogen-bond donors (Lipinski definition) is 1. The van der Waals surface area contributed by atoms with E-state index in [9.17, 15) is 9.18 Å². The number of halogens is 1. The molecule has 0 spiro atoms. The molecule has 0 aromatic heterocycles. The van der Waals surface area contributed by atoms with Crippen LogP contribution >= 0.6 is 0 Å². The van der Waals surface area contributed by atoms with Crippen molar-refractivity contribution in [3.8, 4) is 0 Å². The zero-order valence-corrected chi connectivity index (χ0v) is 9.75. The minimum Gasteiger partial charge on any atom is -0.346 e. The van der Waals surface area contributed by atoms with E-state index in [1.165, 1.54) is 18.2 Å². The summed E-state index contributed by atoms with van der Waals surface area (Å²) in [4.78, 5) is 11.4.